The predicted molar refractivity (Wildman–Crippen MR) is 62.3 cm³/mol. The van der Waals surface area contributed by atoms with Crippen LogP contribution in [0.15, 0.2) is 29.4 Å². The molecule has 1 heterocycles. The SMILES string of the molecule is CC(N)CCCNS(=O)(=O)c1cccnc1. The van der Waals surface area contributed by atoms with Gasteiger partial charge in [0.15, 0.2) is 0 Å². The quantitative estimate of drug-likeness (QED) is 0.712. The highest BCUT2D eigenvalue weighted by atomic mass is 32.2. The van der Waals surface area contributed by atoms with Gasteiger partial charge in [-0.05, 0) is 31.9 Å². The van der Waals surface area contributed by atoms with E-state index in [0.717, 1.165) is 12.8 Å². The summed E-state index contributed by atoms with van der Waals surface area (Å²) in [6.07, 6.45) is 4.40. The first-order chi connectivity index (χ1) is 7.52. The second kappa shape index (κ2) is 5.93. The van der Waals surface area contributed by atoms with Gasteiger partial charge in [-0.1, -0.05) is 0 Å². The Morgan fingerprint density at radius 3 is 2.88 bits per heavy atom. The van der Waals surface area contributed by atoms with E-state index in [0.29, 0.717) is 6.54 Å². The third kappa shape index (κ3) is 4.26. The van der Waals surface area contributed by atoms with Crippen LogP contribution >= 0.6 is 0 Å². The normalized spacial score (nSPS) is 13.6. The van der Waals surface area contributed by atoms with Crippen molar-refractivity contribution < 1.29 is 8.42 Å². The maximum atomic E-state index is 11.7. The zero-order valence-electron chi connectivity index (χ0n) is 9.26. The standard InChI is InChI=1S/C10H17N3O2S/c1-9(11)4-2-7-13-16(14,15)10-5-3-6-12-8-10/h3,5-6,8-9,13H,2,4,7,11H2,1H3. The molecule has 0 aliphatic heterocycles. The summed E-state index contributed by atoms with van der Waals surface area (Å²) in [5.41, 5.74) is 5.57. The van der Waals surface area contributed by atoms with E-state index in [-0.39, 0.29) is 10.9 Å². The summed E-state index contributed by atoms with van der Waals surface area (Å²) in [6.45, 7) is 2.30. The molecule has 6 heteroatoms. The van der Waals surface area contributed by atoms with Crippen LogP contribution in [0.2, 0.25) is 0 Å². The number of aromatic nitrogens is 1. The highest BCUT2D eigenvalue weighted by molar-refractivity contribution is 7.89. The smallest absolute Gasteiger partial charge is 0.242 e. The molecule has 3 N–H and O–H groups in total. The van der Waals surface area contributed by atoms with Gasteiger partial charge in [0, 0.05) is 25.0 Å². The van der Waals surface area contributed by atoms with E-state index in [9.17, 15) is 8.42 Å². The minimum absolute atomic E-state index is 0.0999. The Kier molecular flexibility index (Phi) is 4.85. The third-order valence-corrected chi connectivity index (χ3v) is 3.52. The number of pyridine rings is 1. The number of nitrogens with one attached hydrogen (secondary N) is 1. The number of hydrogen-bond acceptors (Lipinski definition) is 4. The molecule has 1 rings (SSSR count). The summed E-state index contributed by atoms with van der Waals surface area (Å²) in [7, 11) is -3.41. The molecule has 1 aromatic rings. The molecule has 0 amide bonds. The molecule has 0 bridgehead atoms. The van der Waals surface area contributed by atoms with Crippen LogP contribution in [0.25, 0.3) is 0 Å². The van der Waals surface area contributed by atoms with Gasteiger partial charge in [0.05, 0.1) is 0 Å². The van der Waals surface area contributed by atoms with E-state index in [1.807, 2.05) is 6.92 Å². The fourth-order valence-corrected chi connectivity index (χ4v) is 2.26. The van der Waals surface area contributed by atoms with Crippen LogP contribution in [0.4, 0.5) is 0 Å². The molecule has 1 atom stereocenters. The molecular weight excluding hydrogens is 226 g/mol. The Bertz CT molecular complexity index is 403. The van der Waals surface area contributed by atoms with Crippen molar-refractivity contribution >= 4 is 10.0 Å². The molecule has 0 aliphatic carbocycles. The summed E-state index contributed by atoms with van der Waals surface area (Å²) in [5, 5.41) is 0. The topological polar surface area (TPSA) is 85.1 Å². The van der Waals surface area contributed by atoms with Gasteiger partial charge in [-0.15, -0.1) is 0 Å². The maximum absolute atomic E-state index is 11.7. The molecule has 0 aliphatic rings. The van der Waals surface area contributed by atoms with Crippen molar-refractivity contribution in [2.45, 2.75) is 30.7 Å². The third-order valence-electron chi connectivity index (χ3n) is 2.07. The molecule has 0 fully saturated rings. The van der Waals surface area contributed by atoms with Crippen molar-refractivity contribution in [1.29, 1.82) is 0 Å². The van der Waals surface area contributed by atoms with Crippen LogP contribution in [-0.4, -0.2) is 26.0 Å². The molecule has 0 spiro atoms. The molecule has 0 saturated heterocycles. The van der Waals surface area contributed by atoms with Gasteiger partial charge in [-0.2, -0.15) is 0 Å². The summed E-state index contributed by atoms with van der Waals surface area (Å²) in [6, 6.07) is 3.21. The van der Waals surface area contributed by atoms with Crippen LogP contribution in [0, 0.1) is 0 Å². The summed E-state index contributed by atoms with van der Waals surface area (Å²) >= 11 is 0. The van der Waals surface area contributed by atoms with Crippen molar-refractivity contribution in [1.82, 2.24) is 9.71 Å². The largest absolute Gasteiger partial charge is 0.328 e. The lowest BCUT2D eigenvalue weighted by atomic mass is 10.2. The molecule has 0 radical (unpaired) electrons. The van der Waals surface area contributed by atoms with Gasteiger partial charge in [0.2, 0.25) is 10.0 Å². The van der Waals surface area contributed by atoms with Crippen molar-refractivity contribution in [3.8, 4) is 0 Å². The number of nitrogens with two attached hydrogens (primary N) is 1. The Hall–Kier alpha value is -0.980. The average molecular weight is 243 g/mol. The second-order valence-electron chi connectivity index (χ2n) is 3.71. The maximum Gasteiger partial charge on any atom is 0.242 e. The highest BCUT2D eigenvalue weighted by Gasteiger charge is 2.12. The molecular formula is C10H17N3O2S. The van der Waals surface area contributed by atoms with Gasteiger partial charge in [0.25, 0.3) is 0 Å². The van der Waals surface area contributed by atoms with E-state index in [1.54, 1.807) is 6.07 Å². The van der Waals surface area contributed by atoms with E-state index < -0.39 is 10.0 Å². The number of nitrogens with zero attached hydrogens (tertiary/aromatic N) is 1. The molecule has 5 nitrogen and oxygen atoms in total. The fourth-order valence-electron chi connectivity index (χ4n) is 1.22. The van der Waals surface area contributed by atoms with Crippen molar-refractivity contribution in [3.63, 3.8) is 0 Å². The minimum Gasteiger partial charge on any atom is -0.328 e. The second-order valence-corrected chi connectivity index (χ2v) is 5.47. The van der Waals surface area contributed by atoms with Crippen LogP contribution in [0.1, 0.15) is 19.8 Å². The number of sulfonamides is 1. The Morgan fingerprint density at radius 2 is 2.31 bits per heavy atom. The lowest BCUT2D eigenvalue weighted by Gasteiger charge is -2.07. The Morgan fingerprint density at radius 1 is 1.56 bits per heavy atom. The minimum atomic E-state index is -3.41. The summed E-state index contributed by atoms with van der Waals surface area (Å²) in [5.74, 6) is 0. The fraction of sp³-hybridized carbons (Fsp3) is 0.500. The zero-order valence-corrected chi connectivity index (χ0v) is 10.1. The summed E-state index contributed by atoms with van der Waals surface area (Å²) < 4.78 is 25.9. The van der Waals surface area contributed by atoms with E-state index in [4.69, 9.17) is 5.73 Å². The summed E-state index contributed by atoms with van der Waals surface area (Å²) in [4.78, 5) is 3.96. The van der Waals surface area contributed by atoms with Crippen molar-refractivity contribution in [2.24, 2.45) is 5.73 Å². The zero-order chi connectivity index (χ0) is 12.0. The molecule has 1 aromatic heterocycles. The van der Waals surface area contributed by atoms with Gasteiger partial charge < -0.3 is 5.73 Å². The Labute approximate surface area is 96.1 Å². The first-order valence-corrected chi connectivity index (χ1v) is 6.66. The average Bonchev–Trinajstić information content (AvgIpc) is 2.26. The molecule has 0 saturated carbocycles. The molecule has 90 valence electrons. The predicted octanol–water partition coefficient (Wildman–Crippen LogP) is 0.487. The van der Waals surface area contributed by atoms with Gasteiger partial charge in [0.1, 0.15) is 4.90 Å². The van der Waals surface area contributed by atoms with E-state index in [2.05, 4.69) is 9.71 Å². The van der Waals surface area contributed by atoms with E-state index >= 15 is 0 Å². The molecule has 1 unspecified atom stereocenters. The lowest BCUT2D eigenvalue weighted by molar-refractivity contribution is 0.567. The van der Waals surface area contributed by atoms with Gasteiger partial charge >= 0.3 is 0 Å². The first-order valence-electron chi connectivity index (χ1n) is 5.17. The number of hydrogen-bond donors (Lipinski definition) is 2. The van der Waals surface area contributed by atoms with Crippen molar-refractivity contribution in [3.05, 3.63) is 24.5 Å². The Balaban J connectivity index is 2.48. The van der Waals surface area contributed by atoms with Crippen LogP contribution < -0.4 is 10.5 Å². The van der Waals surface area contributed by atoms with Crippen molar-refractivity contribution in [2.75, 3.05) is 6.54 Å². The van der Waals surface area contributed by atoms with Crippen LogP contribution in [0.3, 0.4) is 0 Å². The monoisotopic (exact) mass is 243 g/mol. The number of rotatable bonds is 6. The van der Waals surface area contributed by atoms with Crippen LogP contribution in [0.5, 0.6) is 0 Å². The molecule has 0 aromatic carbocycles. The lowest BCUT2D eigenvalue weighted by Crippen LogP contribution is -2.26. The first kappa shape index (κ1) is 13.1. The van der Waals surface area contributed by atoms with Gasteiger partial charge in [-0.3, -0.25) is 4.98 Å². The molecule has 16 heavy (non-hydrogen) atoms. The van der Waals surface area contributed by atoms with E-state index in [1.165, 1.54) is 18.5 Å². The highest BCUT2D eigenvalue weighted by Crippen LogP contribution is 2.05. The van der Waals surface area contributed by atoms with Crippen LogP contribution in [-0.2, 0) is 10.0 Å². The van der Waals surface area contributed by atoms with Gasteiger partial charge in [-0.25, -0.2) is 13.1 Å².